The summed E-state index contributed by atoms with van der Waals surface area (Å²) < 4.78 is 10.6. The third-order valence-corrected chi connectivity index (χ3v) is 3.81. The van der Waals surface area contributed by atoms with Gasteiger partial charge in [0.25, 0.3) is 5.91 Å². The first-order chi connectivity index (χ1) is 12.7. The van der Waals surface area contributed by atoms with Gasteiger partial charge in [-0.2, -0.15) is 0 Å². The van der Waals surface area contributed by atoms with Crippen LogP contribution in [0.1, 0.15) is 15.9 Å². The molecule has 26 heavy (non-hydrogen) atoms. The van der Waals surface area contributed by atoms with E-state index in [0.717, 1.165) is 11.1 Å². The Morgan fingerprint density at radius 2 is 1.85 bits per heavy atom. The maximum atomic E-state index is 12.4. The summed E-state index contributed by atoms with van der Waals surface area (Å²) in [5.74, 6) is 1.00. The van der Waals surface area contributed by atoms with Gasteiger partial charge in [0.15, 0.2) is 11.5 Å². The fraction of sp³-hybridized carbons (Fsp3) is 0.158. The quantitative estimate of drug-likeness (QED) is 0.735. The van der Waals surface area contributed by atoms with Crippen LogP contribution >= 0.6 is 0 Å². The van der Waals surface area contributed by atoms with Gasteiger partial charge < -0.3 is 14.8 Å². The number of carbonyl (C=O) groups excluding carboxylic acids is 1. The molecule has 2 aromatic heterocycles. The van der Waals surface area contributed by atoms with E-state index in [4.69, 9.17) is 9.47 Å². The number of ether oxygens (including phenoxy) is 2. The van der Waals surface area contributed by atoms with Gasteiger partial charge in [0, 0.05) is 36.3 Å². The lowest BCUT2D eigenvalue weighted by Gasteiger charge is -2.13. The molecule has 3 rings (SSSR count). The fourth-order valence-electron chi connectivity index (χ4n) is 2.50. The van der Waals surface area contributed by atoms with E-state index in [1.165, 1.54) is 12.5 Å². The predicted molar refractivity (Wildman–Crippen MR) is 96.0 cm³/mol. The standard InChI is InChI=1S/C19H18N4O3/c1-25-17-5-3-4-13(18(17)26-2)10-23-19(24)14-6-7-16(22-11-14)15-8-20-12-21-9-15/h3-9,11-12H,10H2,1-2H3,(H,23,24). The monoisotopic (exact) mass is 350 g/mol. The molecule has 0 saturated heterocycles. The molecule has 0 bridgehead atoms. The maximum Gasteiger partial charge on any atom is 0.253 e. The summed E-state index contributed by atoms with van der Waals surface area (Å²) >= 11 is 0. The molecule has 0 radical (unpaired) electrons. The first-order valence-corrected chi connectivity index (χ1v) is 7.92. The summed E-state index contributed by atoms with van der Waals surface area (Å²) in [4.78, 5) is 24.6. The number of aromatic nitrogens is 3. The molecular formula is C19H18N4O3. The number of pyridine rings is 1. The molecule has 1 amide bonds. The molecule has 7 nitrogen and oxygen atoms in total. The van der Waals surface area contributed by atoms with Crippen LogP contribution in [0.25, 0.3) is 11.3 Å². The summed E-state index contributed by atoms with van der Waals surface area (Å²) in [7, 11) is 3.14. The van der Waals surface area contributed by atoms with Crippen molar-refractivity contribution in [3.05, 3.63) is 66.4 Å². The highest BCUT2D eigenvalue weighted by molar-refractivity contribution is 5.94. The highest BCUT2D eigenvalue weighted by Crippen LogP contribution is 2.30. The van der Waals surface area contributed by atoms with E-state index in [-0.39, 0.29) is 5.91 Å². The van der Waals surface area contributed by atoms with Crippen LogP contribution in [0, 0.1) is 0 Å². The van der Waals surface area contributed by atoms with Gasteiger partial charge in [-0.25, -0.2) is 9.97 Å². The number of amides is 1. The Morgan fingerprint density at radius 3 is 2.50 bits per heavy atom. The van der Waals surface area contributed by atoms with Crippen molar-refractivity contribution in [1.82, 2.24) is 20.3 Å². The lowest BCUT2D eigenvalue weighted by atomic mass is 10.1. The largest absolute Gasteiger partial charge is 0.493 e. The Morgan fingerprint density at radius 1 is 1.04 bits per heavy atom. The zero-order valence-electron chi connectivity index (χ0n) is 14.5. The molecule has 0 spiro atoms. The van der Waals surface area contributed by atoms with Crippen molar-refractivity contribution >= 4 is 5.91 Å². The molecule has 3 aromatic rings. The Labute approximate surface area is 151 Å². The smallest absolute Gasteiger partial charge is 0.253 e. The molecule has 0 aliphatic heterocycles. The molecule has 0 aliphatic rings. The van der Waals surface area contributed by atoms with E-state index in [1.807, 2.05) is 12.1 Å². The van der Waals surface area contributed by atoms with Crippen molar-refractivity contribution in [2.45, 2.75) is 6.54 Å². The van der Waals surface area contributed by atoms with Crippen molar-refractivity contribution in [3.63, 3.8) is 0 Å². The SMILES string of the molecule is COc1cccc(CNC(=O)c2ccc(-c3cncnc3)nc2)c1OC. The van der Waals surface area contributed by atoms with Crippen molar-refractivity contribution in [1.29, 1.82) is 0 Å². The minimum atomic E-state index is -0.224. The average molecular weight is 350 g/mol. The highest BCUT2D eigenvalue weighted by atomic mass is 16.5. The van der Waals surface area contributed by atoms with Gasteiger partial charge in [-0.15, -0.1) is 0 Å². The van der Waals surface area contributed by atoms with E-state index in [9.17, 15) is 4.79 Å². The van der Waals surface area contributed by atoms with Crippen LogP contribution in [0.15, 0.2) is 55.2 Å². The van der Waals surface area contributed by atoms with Crippen molar-refractivity contribution < 1.29 is 14.3 Å². The van der Waals surface area contributed by atoms with E-state index < -0.39 is 0 Å². The summed E-state index contributed by atoms with van der Waals surface area (Å²) in [6, 6.07) is 9.01. The first-order valence-electron chi connectivity index (χ1n) is 7.92. The van der Waals surface area contributed by atoms with Gasteiger partial charge >= 0.3 is 0 Å². The molecule has 0 saturated carbocycles. The molecule has 7 heteroatoms. The van der Waals surface area contributed by atoms with Crippen LogP contribution in [0.4, 0.5) is 0 Å². The highest BCUT2D eigenvalue weighted by Gasteiger charge is 2.12. The molecule has 1 aromatic carbocycles. The van der Waals surface area contributed by atoms with Gasteiger partial charge in [0.2, 0.25) is 0 Å². The number of rotatable bonds is 6. The minimum Gasteiger partial charge on any atom is -0.493 e. The molecule has 2 heterocycles. The summed E-state index contributed by atoms with van der Waals surface area (Å²) in [5, 5.41) is 2.86. The van der Waals surface area contributed by atoms with Gasteiger partial charge in [-0.05, 0) is 18.2 Å². The number of methoxy groups -OCH3 is 2. The first kappa shape index (κ1) is 17.3. The van der Waals surface area contributed by atoms with Crippen LogP contribution in [0.5, 0.6) is 11.5 Å². The molecule has 0 unspecified atom stereocenters. The summed E-state index contributed by atoms with van der Waals surface area (Å²) in [6.45, 7) is 0.313. The third kappa shape index (κ3) is 3.77. The Balaban J connectivity index is 1.69. The van der Waals surface area contributed by atoms with E-state index in [0.29, 0.717) is 29.3 Å². The van der Waals surface area contributed by atoms with Crippen LogP contribution in [0.3, 0.4) is 0 Å². The number of benzene rings is 1. The number of nitrogens with one attached hydrogen (secondary N) is 1. The van der Waals surface area contributed by atoms with Crippen molar-refractivity contribution in [2.24, 2.45) is 0 Å². The number of hydrogen-bond donors (Lipinski definition) is 1. The fourth-order valence-corrected chi connectivity index (χ4v) is 2.50. The zero-order valence-corrected chi connectivity index (χ0v) is 14.5. The summed E-state index contributed by atoms with van der Waals surface area (Å²) in [6.07, 6.45) is 6.33. The Hall–Kier alpha value is -3.48. The zero-order chi connectivity index (χ0) is 18.4. The molecule has 132 valence electrons. The normalized spacial score (nSPS) is 10.2. The van der Waals surface area contributed by atoms with Crippen molar-refractivity contribution in [3.8, 4) is 22.8 Å². The second-order valence-corrected chi connectivity index (χ2v) is 5.39. The van der Waals surface area contributed by atoms with Crippen molar-refractivity contribution in [2.75, 3.05) is 14.2 Å². The second kappa shape index (κ2) is 8.06. The van der Waals surface area contributed by atoms with Crippen LogP contribution in [-0.2, 0) is 6.54 Å². The third-order valence-electron chi connectivity index (χ3n) is 3.81. The average Bonchev–Trinajstić information content (AvgIpc) is 2.72. The number of carbonyl (C=O) groups is 1. The lowest BCUT2D eigenvalue weighted by molar-refractivity contribution is 0.0950. The van der Waals surface area contributed by atoms with E-state index in [1.54, 1.807) is 44.8 Å². The topological polar surface area (TPSA) is 86.2 Å². The minimum absolute atomic E-state index is 0.224. The van der Waals surface area contributed by atoms with Crippen LogP contribution in [0.2, 0.25) is 0 Å². The predicted octanol–water partition coefficient (Wildman–Crippen LogP) is 2.49. The Bertz CT molecular complexity index is 883. The summed E-state index contributed by atoms with van der Waals surface area (Å²) in [5.41, 5.74) is 2.79. The van der Waals surface area contributed by atoms with Gasteiger partial charge in [-0.1, -0.05) is 12.1 Å². The van der Waals surface area contributed by atoms with Gasteiger partial charge in [0.05, 0.1) is 25.5 Å². The maximum absolute atomic E-state index is 12.4. The Kier molecular flexibility index (Phi) is 5.38. The van der Waals surface area contributed by atoms with Crippen LogP contribution in [-0.4, -0.2) is 35.1 Å². The van der Waals surface area contributed by atoms with Crippen LogP contribution < -0.4 is 14.8 Å². The second-order valence-electron chi connectivity index (χ2n) is 5.39. The van der Waals surface area contributed by atoms with Gasteiger partial charge in [0.1, 0.15) is 6.33 Å². The molecule has 1 N–H and O–H groups in total. The molecular weight excluding hydrogens is 332 g/mol. The lowest BCUT2D eigenvalue weighted by Crippen LogP contribution is -2.23. The molecule has 0 aliphatic carbocycles. The van der Waals surface area contributed by atoms with E-state index in [2.05, 4.69) is 20.3 Å². The number of nitrogens with zero attached hydrogens (tertiary/aromatic N) is 3. The molecule has 0 atom stereocenters. The number of hydrogen-bond acceptors (Lipinski definition) is 6. The molecule has 0 fully saturated rings. The van der Waals surface area contributed by atoms with Gasteiger partial charge in [-0.3, -0.25) is 9.78 Å². The van der Waals surface area contributed by atoms with E-state index >= 15 is 0 Å². The number of para-hydroxylation sites is 1.